The molecule has 2 heterocycles. The van der Waals surface area contributed by atoms with Crippen molar-refractivity contribution in [2.24, 2.45) is 0 Å². The molecular formula is C27H20ClN3O3S2. The van der Waals surface area contributed by atoms with Crippen molar-refractivity contribution >= 4 is 74.6 Å². The lowest BCUT2D eigenvalue weighted by molar-refractivity contribution is -0.122. The average Bonchev–Trinajstić information content (AvgIpc) is 3.29. The van der Waals surface area contributed by atoms with E-state index in [0.29, 0.717) is 26.3 Å². The van der Waals surface area contributed by atoms with E-state index in [1.807, 2.05) is 49.4 Å². The number of amides is 3. The van der Waals surface area contributed by atoms with Gasteiger partial charge in [0.15, 0.2) is 0 Å². The molecule has 2 aliphatic rings. The molecule has 3 amide bonds. The lowest BCUT2D eigenvalue weighted by Gasteiger charge is -2.17. The normalized spacial score (nSPS) is 17.1. The monoisotopic (exact) mass is 533 g/mol. The fourth-order valence-electron chi connectivity index (χ4n) is 4.12. The Morgan fingerprint density at radius 2 is 1.64 bits per heavy atom. The first-order valence-electron chi connectivity index (χ1n) is 11.1. The zero-order valence-electron chi connectivity index (χ0n) is 19.2. The number of fused-ring (bicyclic) bond motifs is 1. The molecule has 0 saturated carbocycles. The van der Waals surface area contributed by atoms with E-state index in [-0.39, 0.29) is 35.4 Å². The van der Waals surface area contributed by atoms with Crippen LogP contribution in [0.25, 0.3) is 5.57 Å². The summed E-state index contributed by atoms with van der Waals surface area (Å²) in [6.45, 7) is 1.98. The molecule has 1 saturated heterocycles. The molecule has 1 N–H and O–H groups in total. The molecule has 3 aromatic rings. The molecule has 3 aromatic carbocycles. The Morgan fingerprint density at radius 3 is 2.39 bits per heavy atom. The molecule has 0 aromatic heterocycles. The molecule has 0 bridgehead atoms. The standard InChI is InChI=1S/C27H20ClN3O3S2/c1-16-10-12-18(13-11-16)29-22(32)15-30-21-9-5-3-7-19(21)23(25(30)33)24-26(34)31(27(35)36-24)14-17-6-2-4-8-20(17)28/h2-13H,14-15H2,1H3,(H,29,32)/b24-23-. The van der Waals surface area contributed by atoms with E-state index < -0.39 is 5.91 Å². The number of hydrogen-bond acceptors (Lipinski definition) is 5. The van der Waals surface area contributed by atoms with Crippen molar-refractivity contribution < 1.29 is 14.4 Å². The van der Waals surface area contributed by atoms with Gasteiger partial charge in [0.1, 0.15) is 10.9 Å². The third-order valence-corrected chi connectivity index (χ3v) is 7.74. The molecule has 0 aliphatic carbocycles. The van der Waals surface area contributed by atoms with Crippen LogP contribution in [0, 0.1) is 6.92 Å². The number of rotatable bonds is 5. The van der Waals surface area contributed by atoms with E-state index >= 15 is 0 Å². The Kier molecular flexibility index (Phi) is 6.66. The van der Waals surface area contributed by atoms with E-state index in [4.69, 9.17) is 23.8 Å². The van der Waals surface area contributed by atoms with Crippen LogP contribution in [0.1, 0.15) is 16.7 Å². The number of para-hydroxylation sites is 1. The summed E-state index contributed by atoms with van der Waals surface area (Å²) in [4.78, 5) is 42.9. The van der Waals surface area contributed by atoms with Gasteiger partial charge in [0, 0.05) is 16.3 Å². The molecule has 0 radical (unpaired) electrons. The predicted octanol–water partition coefficient (Wildman–Crippen LogP) is 5.41. The van der Waals surface area contributed by atoms with Crippen LogP contribution in [-0.2, 0) is 20.9 Å². The molecule has 6 nitrogen and oxygen atoms in total. The first kappa shape index (κ1) is 24.2. The van der Waals surface area contributed by atoms with Gasteiger partial charge in [-0.25, -0.2) is 0 Å². The van der Waals surface area contributed by atoms with Crippen LogP contribution in [0.2, 0.25) is 5.02 Å². The van der Waals surface area contributed by atoms with Crippen LogP contribution in [0.4, 0.5) is 11.4 Å². The number of hydrogen-bond donors (Lipinski definition) is 1. The van der Waals surface area contributed by atoms with Crippen molar-refractivity contribution in [3.05, 3.63) is 99.4 Å². The van der Waals surface area contributed by atoms with E-state index in [0.717, 1.165) is 22.9 Å². The molecule has 36 heavy (non-hydrogen) atoms. The molecule has 180 valence electrons. The zero-order chi connectivity index (χ0) is 25.4. The minimum Gasteiger partial charge on any atom is -0.325 e. The minimum atomic E-state index is -0.409. The van der Waals surface area contributed by atoms with Crippen molar-refractivity contribution in [2.45, 2.75) is 13.5 Å². The maximum Gasteiger partial charge on any atom is 0.267 e. The van der Waals surface area contributed by atoms with Crippen molar-refractivity contribution in [3.8, 4) is 0 Å². The van der Waals surface area contributed by atoms with Gasteiger partial charge in [-0.05, 0) is 36.8 Å². The van der Waals surface area contributed by atoms with E-state index in [1.165, 1.54) is 9.80 Å². The molecule has 0 atom stereocenters. The third kappa shape index (κ3) is 4.55. The van der Waals surface area contributed by atoms with E-state index in [1.54, 1.807) is 30.3 Å². The van der Waals surface area contributed by atoms with Crippen molar-refractivity contribution in [3.63, 3.8) is 0 Å². The summed E-state index contributed by atoms with van der Waals surface area (Å²) in [5, 5.41) is 3.36. The fourth-order valence-corrected chi connectivity index (χ4v) is 5.64. The largest absolute Gasteiger partial charge is 0.325 e. The zero-order valence-corrected chi connectivity index (χ0v) is 21.5. The molecule has 5 rings (SSSR count). The number of anilines is 2. The first-order valence-corrected chi connectivity index (χ1v) is 12.7. The van der Waals surface area contributed by atoms with Gasteiger partial charge in [0.25, 0.3) is 11.8 Å². The van der Waals surface area contributed by atoms with Gasteiger partial charge in [-0.3, -0.25) is 24.2 Å². The van der Waals surface area contributed by atoms with Gasteiger partial charge >= 0.3 is 0 Å². The fraction of sp³-hybridized carbons (Fsp3) is 0.111. The molecular weight excluding hydrogens is 514 g/mol. The lowest BCUT2D eigenvalue weighted by atomic mass is 10.1. The van der Waals surface area contributed by atoms with Crippen LogP contribution < -0.4 is 10.2 Å². The summed E-state index contributed by atoms with van der Waals surface area (Å²) < 4.78 is 0.350. The Morgan fingerprint density at radius 1 is 0.944 bits per heavy atom. The van der Waals surface area contributed by atoms with Gasteiger partial charge < -0.3 is 5.32 Å². The Labute approximate surface area is 222 Å². The molecule has 0 spiro atoms. The Bertz CT molecular complexity index is 1450. The number of carbonyl (C=O) groups is 3. The average molecular weight is 534 g/mol. The second-order valence-electron chi connectivity index (χ2n) is 8.38. The quantitative estimate of drug-likeness (QED) is 0.351. The Hall–Kier alpha value is -3.46. The maximum absolute atomic E-state index is 13.6. The number of thiocarbonyl (C=S) groups is 1. The Balaban J connectivity index is 1.43. The third-order valence-electron chi connectivity index (χ3n) is 5.92. The van der Waals surface area contributed by atoms with E-state index in [9.17, 15) is 14.4 Å². The second kappa shape index (κ2) is 9.89. The summed E-state index contributed by atoms with van der Waals surface area (Å²) in [6, 6.07) is 21.8. The number of aryl methyl sites for hydroxylation is 1. The van der Waals surface area contributed by atoms with Crippen LogP contribution in [0.3, 0.4) is 0 Å². The number of thioether (sulfide) groups is 1. The first-order chi connectivity index (χ1) is 17.3. The van der Waals surface area contributed by atoms with Gasteiger partial charge in [-0.15, -0.1) is 0 Å². The van der Waals surface area contributed by atoms with Crippen molar-refractivity contribution in [2.75, 3.05) is 16.8 Å². The molecule has 9 heteroatoms. The van der Waals surface area contributed by atoms with Crippen molar-refractivity contribution in [1.29, 1.82) is 0 Å². The summed E-state index contributed by atoms with van der Waals surface area (Å²) in [5.41, 5.74) is 3.91. The maximum atomic E-state index is 13.6. The summed E-state index contributed by atoms with van der Waals surface area (Å²) in [5.74, 6) is -1.10. The summed E-state index contributed by atoms with van der Waals surface area (Å²) in [7, 11) is 0. The van der Waals surface area contributed by atoms with Gasteiger partial charge in [-0.2, -0.15) is 0 Å². The predicted molar refractivity (Wildman–Crippen MR) is 148 cm³/mol. The van der Waals surface area contributed by atoms with Gasteiger partial charge in [-0.1, -0.05) is 89.7 Å². The number of nitrogens with one attached hydrogen (secondary N) is 1. The van der Waals surface area contributed by atoms with Gasteiger partial charge in [0.05, 0.1) is 22.7 Å². The topological polar surface area (TPSA) is 69.7 Å². The number of nitrogens with zero attached hydrogens (tertiary/aromatic N) is 2. The summed E-state index contributed by atoms with van der Waals surface area (Å²) in [6.07, 6.45) is 0. The number of halogens is 1. The molecule has 1 fully saturated rings. The SMILES string of the molecule is Cc1ccc(NC(=O)CN2C(=O)/C(=C3\SC(=S)N(Cc4ccccc4Cl)C3=O)c3ccccc32)cc1. The van der Waals surface area contributed by atoms with Crippen LogP contribution >= 0.6 is 35.6 Å². The van der Waals surface area contributed by atoms with Crippen LogP contribution in [0.15, 0.2) is 77.7 Å². The minimum absolute atomic E-state index is 0.187. The highest BCUT2D eigenvalue weighted by Crippen LogP contribution is 2.45. The molecule has 2 aliphatic heterocycles. The highest BCUT2D eigenvalue weighted by Gasteiger charge is 2.42. The molecule has 0 unspecified atom stereocenters. The highest BCUT2D eigenvalue weighted by atomic mass is 35.5. The highest BCUT2D eigenvalue weighted by molar-refractivity contribution is 8.26. The second-order valence-corrected chi connectivity index (χ2v) is 10.4. The van der Waals surface area contributed by atoms with Crippen LogP contribution in [-0.4, -0.2) is 33.5 Å². The van der Waals surface area contributed by atoms with Crippen molar-refractivity contribution in [1.82, 2.24) is 4.90 Å². The lowest BCUT2D eigenvalue weighted by Crippen LogP contribution is -2.35. The van der Waals surface area contributed by atoms with Gasteiger partial charge in [0.2, 0.25) is 5.91 Å². The number of carbonyl (C=O) groups excluding carboxylic acids is 3. The van der Waals surface area contributed by atoms with E-state index in [2.05, 4.69) is 5.32 Å². The number of benzene rings is 3. The van der Waals surface area contributed by atoms with Crippen LogP contribution in [0.5, 0.6) is 0 Å². The summed E-state index contributed by atoms with van der Waals surface area (Å²) >= 11 is 12.9. The smallest absolute Gasteiger partial charge is 0.267 e.